The molecule has 0 unspecified atom stereocenters. The Hall–Kier alpha value is -2.90. The third kappa shape index (κ3) is 4.16. The van der Waals surface area contributed by atoms with Gasteiger partial charge < -0.3 is 10.1 Å². The molecule has 142 valence electrons. The van der Waals surface area contributed by atoms with Crippen LogP contribution in [0.3, 0.4) is 0 Å². The number of ether oxygens (including phenoxy) is 1. The molecule has 0 radical (unpaired) electrons. The molecule has 3 aromatic rings. The molecular formula is C20H16ClN3O3S. The topological polar surface area (TPSA) is 71.5 Å². The average molecular weight is 414 g/mol. The second-order valence-corrected chi connectivity index (χ2v) is 7.77. The van der Waals surface area contributed by atoms with Crippen molar-refractivity contribution in [2.24, 2.45) is 0 Å². The first-order valence-electron chi connectivity index (χ1n) is 8.60. The highest BCUT2D eigenvalue weighted by Crippen LogP contribution is 2.34. The van der Waals surface area contributed by atoms with Crippen molar-refractivity contribution in [3.63, 3.8) is 0 Å². The number of halogens is 1. The molecule has 0 saturated heterocycles. The highest BCUT2D eigenvalue weighted by atomic mass is 35.5. The molecular weight excluding hydrogens is 398 g/mol. The van der Waals surface area contributed by atoms with Gasteiger partial charge in [0.05, 0.1) is 5.69 Å². The van der Waals surface area contributed by atoms with Crippen LogP contribution < -0.4 is 15.0 Å². The first kappa shape index (κ1) is 18.5. The molecule has 6 nitrogen and oxygen atoms in total. The minimum atomic E-state index is -0.332. The number of benzene rings is 2. The molecule has 0 atom stereocenters. The zero-order valence-corrected chi connectivity index (χ0v) is 16.3. The maximum Gasteiger partial charge on any atom is 0.265 e. The van der Waals surface area contributed by atoms with Crippen LogP contribution in [0.15, 0.2) is 54.7 Å². The second kappa shape index (κ2) is 8.00. The average Bonchev–Trinajstić information content (AvgIpc) is 3.11. The van der Waals surface area contributed by atoms with E-state index in [4.69, 9.17) is 16.3 Å². The number of aromatic nitrogens is 1. The van der Waals surface area contributed by atoms with E-state index in [2.05, 4.69) is 10.3 Å². The fourth-order valence-corrected chi connectivity index (χ4v) is 3.92. The monoisotopic (exact) mass is 413 g/mol. The molecule has 1 aromatic heterocycles. The zero-order chi connectivity index (χ0) is 19.5. The highest BCUT2D eigenvalue weighted by Gasteiger charge is 2.27. The van der Waals surface area contributed by atoms with Crippen LogP contribution in [0.4, 0.5) is 10.8 Å². The van der Waals surface area contributed by atoms with Gasteiger partial charge in [0.2, 0.25) is 5.91 Å². The molecule has 2 aromatic carbocycles. The number of hydrogen-bond acceptors (Lipinski definition) is 5. The van der Waals surface area contributed by atoms with E-state index < -0.39 is 0 Å². The summed E-state index contributed by atoms with van der Waals surface area (Å²) in [6, 6.07) is 15.0. The molecule has 28 heavy (non-hydrogen) atoms. The van der Waals surface area contributed by atoms with Gasteiger partial charge in [-0.25, -0.2) is 4.98 Å². The Bertz CT molecular complexity index is 1020. The number of thiazole rings is 1. The summed E-state index contributed by atoms with van der Waals surface area (Å²) in [5, 5.41) is 3.73. The maximum absolute atomic E-state index is 12.5. The highest BCUT2D eigenvalue weighted by molar-refractivity contribution is 7.15. The van der Waals surface area contributed by atoms with Crippen LogP contribution in [0.2, 0.25) is 5.02 Å². The molecule has 1 aliphatic heterocycles. The minimum Gasteiger partial charge on any atom is -0.482 e. The summed E-state index contributed by atoms with van der Waals surface area (Å²) in [6.45, 7) is -0.247. The minimum absolute atomic E-state index is 0.111. The van der Waals surface area contributed by atoms with E-state index in [-0.39, 0.29) is 25.0 Å². The fraction of sp³-hybridized carbons (Fsp3) is 0.150. The van der Waals surface area contributed by atoms with Crippen LogP contribution in [-0.4, -0.2) is 29.9 Å². The van der Waals surface area contributed by atoms with Crippen molar-refractivity contribution in [2.75, 3.05) is 23.4 Å². The Balaban J connectivity index is 1.43. The van der Waals surface area contributed by atoms with Crippen LogP contribution in [0.1, 0.15) is 10.4 Å². The van der Waals surface area contributed by atoms with Gasteiger partial charge in [0, 0.05) is 22.5 Å². The number of rotatable bonds is 5. The van der Waals surface area contributed by atoms with Crippen molar-refractivity contribution in [1.29, 1.82) is 0 Å². The van der Waals surface area contributed by atoms with Gasteiger partial charge in [-0.3, -0.25) is 14.5 Å². The predicted octanol–water partition coefficient (Wildman–Crippen LogP) is 3.75. The Labute approximate surface area is 170 Å². The van der Waals surface area contributed by atoms with Crippen molar-refractivity contribution in [2.45, 2.75) is 6.42 Å². The lowest BCUT2D eigenvalue weighted by Crippen LogP contribution is -2.43. The standard InChI is InChI=1S/C20H16ClN3O3S/c21-14-6-7-17-16(9-14)24(19(26)12-27-17)11-18(25)23-20-22-10-15(28-20)8-13-4-2-1-3-5-13/h1-7,9-10H,8,11-12H2,(H,22,23,25). The first-order valence-corrected chi connectivity index (χ1v) is 9.79. The van der Waals surface area contributed by atoms with E-state index >= 15 is 0 Å². The third-order valence-electron chi connectivity index (χ3n) is 4.19. The van der Waals surface area contributed by atoms with Crippen LogP contribution in [-0.2, 0) is 16.0 Å². The number of hydrogen-bond donors (Lipinski definition) is 1. The Morgan fingerprint density at radius 1 is 1.25 bits per heavy atom. The Morgan fingerprint density at radius 3 is 2.89 bits per heavy atom. The number of fused-ring (bicyclic) bond motifs is 1. The van der Waals surface area contributed by atoms with Crippen molar-refractivity contribution in [3.8, 4) is 5.75 Å². The number of anilines is 2. The second-order valence-electron chi connectivity index (χ2n) is 6.22. The molecule has 0 fully saturated rings. The van der Waals surface area contributed by atoms with Gasteiger partial charge in [-0.05, 0) is 23.8 Å². The normalized spacial score (nSPS) is 13.0. The van der Waals surface area contributed by atoms with Crippen LogP contribution in [0.25, 0.3) is 0 Å². The lowest BCUT2D eigenvalue weighted by atomic mass is 10.1. The molecule has 8 heteroatoms. The van der Waals surface area contributed by atoms with Gasteiger partial charge >= 0.3 is 0 Å². The van der Waals surface area contributed by atoms with Gasteiger partial charge in [0.1, 0.15) is 12.3 Å². The van der Waals surface area contributed by atoms with Gasteiger partial charge in [-0.2, -0.15) is 0 Å². The molecule has 2 amide bonds. The fourth-order valence-electron chi connectivity index (χ4n) is 2.90. The summed E-state index contributed by atoms with van der Waals surface area (Å²) in [5.41, 5.74) is 1.67. The Morgan fingerprint density at radius 2 is 2.07 bits per heavy atom. The van der Waals surface area contributed by atoms with Gasteiger partial charge in [0.15, 0.2) is 11.7 Å². The van der Waals surface area contributed by atoms with Gasteiger partial charge in [-0.15, -0.1) is 11.3 Å². The number of carbonyl (C=O) groups is 2. The first-order chi connectivity index (χ1) is 13.6. The summed E-state index contributed by atoms with van der Waals surface area (Å²) >= 11 is 7.44. The molecule has 0 spiro atoms. The summed E-state index contributed by atoms with van der Waals surface area (Å²) in [4.78, 5) is 31.4. The van der Waals surface area contributed by atoms with E-state index in [9.17, 15) is 9.59 Å². The van der Waals surface area contributed by atoms with Gasteiger partial charge in [0.25, 0.3) is 5.91 Å². The predicted molar refractivity (Wildman–Crippen MR) is 109 cm³/mol. The molecule has 1 N–H and O–H groups in total. The van der Waals surface area contributed by atoms with Crippen molar-refractivity contribution in [1.82, 2.24) is 4.98 Å². The molecule has 2 heterocycles. The van der Waals surface area contributed by atoms with Gasteiger partial charge in [-0.1, -0.05) is 41.9 Å². The maximum atomic E-state index is 12.5. The number of amides is 2. The third-order valence-corrected chi connectivity index (χ3v) is 5.33. The molecule has 1 aliphatic rings. The Kier molecular flexibility index (Phi) is 5.27. The molecule has 0 saturated carbocycles. The summed E-state index contributed by atoms with van der Waals surface area (Å²) in [6.07, 6.45) is 2.50. The number of nitrogens with one attached hydrogen (secondary N) is 1. The van der Waals surface area contributed by atoms with E-state index in [0.29, 0.717) is 21.6 Å². The molecule has 4 rings (SSSR count). The smallest absolute Gasteiger partial charge is 0.265 e. The van der Waals surface area contributed by atoms with Crippen LogP contribution in [0.5, 0.6) is 5.75 Å². The van der Waals surface area contributed by atoms with Crippen molar-refractivity contribution >= 4 is 45.6 Å². The van der Waals surface area contributed by atoms with E-state index in [0.717, 1.165) is 11.3 Å². The SMILES string of the molecule is O=C(CN1C(=O)COc2ccc(Cl)cc21)Nc1ncc(Cc2ccccc2)s1. The summed E-state index contributed by atoms with van der Waals surface area (Å²) < 4.78 is 5.39. The van der Waals surface area contributed by atoms with Crippen LogP contribution in [0, 0.1) is 0 Å². The number of nitrogens with zero attached hydrogens (tertiary/aromatic N) is 2. The summed E-state index contributed by atoms with van der Waals surface area (Å²) in [7, 11) is 0. The van der Waals surface area contributed by atoms with Crippen molar-refractivity contribution in [3.05, 3.63) is 70.2 Å². The largest absolute Gasteiger partial charge is 0.482 e. The van der Waals surface area contributed by atoms with Crippen LogP contribution >= 0.6 is 22.9 Å². The number of carbonyl (C=O) groups excluding carboxylic acids is 2. The lowest BCUT2D eigenvalue weighted by molar-refractivity contribution is -0.123. The van der Waals surface area contributed by atoms with E-state index in [1.807, 2.05) is 30.3 Å². The van der Waals surface area contributed by atoms with Crippen molar-refractivity contribution < 1.29 is 14.3 Å². The molecule has 0 bridgehead atoms. The van der Waals surface area contributed by atoms with E-state index in [1.165, 1.54) is 21.8 Å². The van der Waals surface area contributed by atoms with E-state index in [1.54, 1.807) is 24.4 Å². The molecule has 0 aliphatic carbocycles. The zero-order valence-electron chi connectivity index (χ0n) is 14.7. The lowest BCUT2D eigenvalue weighted by Gasteiger charge is -2.28. The quantitative estimate of drug-likeness (QED) is 0.691. The summed E-state index contributed by atoms with van der Waals surface area (Å²) in [5.74, 6) is -0.105.